The predicted molar refractivity (Wildman–Crippen MR) is 122 cm³/mol. The maximum Gasteiger partial charge on any atom is 0.242 e. The highest BCUT2D eigenvalue weighted by Gasteiger charge is 2.27. The minimum atomic E-state index is -0.476. The number of fused-ring (bicyclic) bond motifs is 1. The van der Waals surface area contributed by atoms with Crippen molar-refractivity contribution < 1.29 is 9.59 Å². The summed E-state index contributed by atoms with van der Waals surface area (Å²) in [5, 5.41) is 5.07. The van der Waals surface area contributed by atoms with Gasteiger partial charge in [0.15, 0.2) is 0 Å². The zero-order valence-electron chi connectivity index (χ0n) is 18.0. The Balaban J connectivity index is 1.81. The second kappa shape index (κ2) is 10.1. The summed E-state index contributed by atoms with van der Waals surface area (Å²) in [7, 11) is 1.62. The van der Waals surface area contributed by atoms with Gasteiger partial charge in [-0.3, -0.25) is 9.59 Å². The van der Waals surface area contributed by atoms with Crippen molar-refractivity contribution in [3.05, 3.63) is 83.4 Å². The first-order chi connectivity index (χ1) is 14.5. The fraction of sp³-hybridized carbons (Fsp3) is 0.308. The Morgan fingerprint density at radius 3 is 2.37 bits per heavy atom. The van der Waals surface area contributed by atoms with E-state index < -0.39 is 6.04 Å². The summed E-state index contributed by atoms with van der Waals surface area (Å²) in [5.74, 6) is -0.123. The van der Waals surface area contributed by atoms with E-state index >= 15 is 0 Å². The van der Waals surface area contributed by atoms with Crippen molar-refractivity contribution in [2.75, 3.05) is 7.05 Å². The summed E-state index contributed by atoms with van der Waals surface area (Å²) < 4.78 is 0. The first kappa shape index (κ1) is 21.6. The van der Waals surface area contributed by atoms with E-state index in [0.29, 0.717) is 25.8 Å². The van der Waals surface area contributed by atoms with Crippen LogP contribution in [0.4, 0.5) is 0 Å². The van der Waals surface area contributed by atoms with Crippen molar-refractivity contribution in [3.8, 4) is 0 Å². The van der Waals surface area contributed by atoms with Gasteiger partial charge in [0.25, 0.3) is 0 Å². The highest BCUT2D eigenvalue weighted by atomic mass is 16.2. The molecule has 0 spiro atoms. The molecular formula is C26H30N2O2. The normalized spacial score (nSPS) is 11.8. The fourth-order valence-corrected chi connectivity index (χ4v) is 3.87. The van der Waals surface area contributed by atoms with E-state index in [-0.39, 0.29) is 11.8 Å². The van der Waals surface area contributed by atoms with Crippen LogP contribution < -0.4 is 5.32 Å². The number of carbonyl (C=O) groups is 2. The molecule has 0 aliphatic heterocycles. The topological polar surface area (TPSA) is 49.4 Å². The summed E-state index contributed by atoms with van der Waals surface area (Å²) in [5.41, 5.74) is 3.36. The van der Waals surface area contributed by atoms with Crippen molar-refractivity contribution in [2.24, 2.45) is 0 Å². The molecule has 0 heterocycles. The molecule has 4 nitrogen and oxygen atoms in total. The SMILES string of the molecule is CC[C@H](C(=O)NC)N(Cc1ccc(C)cc1)C(=O)CCc1cccc2ccccc12. The third-order valence-corrected chi connectivity index (χ3v) is 5.59. The monoisotopic (exact) mass is 402 g/mol. The lowest BCUT2D eigenvalue weighted by atomic mass is 10.00. The number of likely N-dealkylation sites (N-methyl/N-ethyl adjacent to an activating group) is 1. The van der Waals surface area contributed by atoms with Crippen LogP contribution in [0.3, 0.4) is 0 Å². The molecule has 3 aromatic carbocycles. The van der Waals surface area contributed by atoms with E-state index in [1.165, 1.54) is 16.3 Å². The van der Waals surface area contributed by atoms with Crippen LogP contribution in [0.2, 0.25) is 0 Å². The average molecular weight is 403 g/mol. The number of aryl methyl sites for hydroxylation is 2. The van der Waals surface area contributed by atoms with Crippen LogP contribution in [0.25, 0.3) is 10.8 Å². The lowest BCUT2D eigenvalue weighted by Crippen LogP contribution is -2.48. The van der Waals surface area contributed by atoms with Crippen LogP contribution in [0.1, 0.15) is 36.5 Å². The molecule has 3 aromatic rings. The van der Waals surface area contributed by atoms with Crippen molar-refractivity contribution in [1.29, 1.82) is 0 Å². The van der Waals surface area contributed by atoms with Gasteiger partial charge in [-0.1, -0.05) is 79.2 Å². The Bertz CT molecular complexity index is 1010. The van der Waals surface area contributed by atoms with Crippen molar-refractivity contribution >= 4 is 22.6 Å². The maximum atomic E-state index is 13.3. The van der Waals surface area contributed by atoms with E-state index in [1.54, 1.807) is 11.9 Å². The van der Waals surface area contributed by atoms with Gasteiger partial charge in [0.2, 0.25) is 11.8 Å². The summed E-state index contributed by atoms with van der Waals surface area (Å²) in [4.78, 5) is 27.5. The minimum absolute atomic E-state index is 0.000964. The molecule has 0 saturated carbocycles. The molecule has 4 heteroatoms. The van der Waals surface area contributed by atoms with Gasteiger partial charge in [0.1, 0.15) is 6.04 Å². The van der Waals surface area contributed by atoms with Gasteiger partial charge >= 0.3 is 0 Å². The van der Waals surface area contributed by atoms with Crippen LogP contribution >= 0.6 is 0 Å². The lowest BCUT2D eigenvalue weighted by Gasteiger charge is -2.30. The molecule has 0 bridgehead atoms. The number of amides is 2. The zero-order valence-corrected chi connectivity index (χ0v) is 18.0. The van der Waals surface area contributed by atoms with Crippen molar-refractivity contribution in [1.82, 2.24) is 10.2 Å². The molecule has 0 aliphatic carbocycles. The Hall–Kier alpha value is -3.14. The zero-order chi connectivity index (χ0) is 21.5. The molecule has 1 N–H and O–H groups in total. The number of nitrogens with zero attached hydrogens (tertiary/aromatic N) is 1. The molecular weight excluding hydrogens is 372 g/mol. The van der Waals surface area contributed by atoms with E-state index in [0.717, 1.165) is 11.1 Å². The van der Waals surface area contributed by atoms with Crippen LogP contribution in [0.5, 0.6) is 0 Å². The van der Waals surface area contributed by atoms with E-state index in [1.807, 2.05) is 56.3 Å². The molecule has 0 saturated heterocycles. The Labute approximate surface area is 178 Å². The number of carbonyl (C=O) groups excluding carboxylic acids is 2. The molecule has 156 valence electrons. The molecule has 2 amide bonds. The summed E-state index contributed by atoms with van der Waals surface area (Å²) in [6, 6.07) is 22.1. The summed E-state index contributed by atoms with van der Waals surface area (Å²) in [6.45, 7) is 4.41. The van der Waals surface area contributed by atoms with Gasteiger partial charge in [-0.25, -0.2) is 0 Å². The summed E-state index contributed by atoms with van der Waals surface area (Å²) in [6.07, 6.45) is 1.59. The first-order valence-corrected chi connectivity index (χ1v) is 10.6. The number of nitrogens with one attached hydrogen (secondary N) is 1. The molecule has 0 radical (unpaired) electrons. The molecule has 1 atom stereocenters. The van der Waals surface area contributed by atoms with Crippen LogP contribution in [0, 0.1) is 6.92 Å². The largest absolute Gasteiger partial charge is 0.357 e. The minimum Gasteiger partial charge on any atom is -0.357 e. The van der Waals surface area contributed by atoms with Gasteiger partial charge in [-0.05, 0) is 41.7 Å². The Kier molecular flexibility index (Phi) is 7.23. The average Bonchev–Trinajstić information content (AvgIpc) is 2.78. The van der Waals surface area contributed by atoms with Gasteiger partial charge in [0.05, 0.1) is 0 Å². The van der Waals surface area contributed by atoms with Gasteiger partial charge in [-0.15, -0.1) is 0 Å². The molecule has 0 aliphatic rings. The fourth-order valence-electron chi connectivity index (χ4n) is 3.87. The molecule has 0 fully saturated rings. The third kappa shape index (κ3) is 5.07. The predicted octanol–water partition coefficient (Wildman–Crippen LogP) is 4.63. The quantitative estimate of drug-likeness (QED) is 0.597. The molecule has 30 heavy (non-hydrogen) atoms. The maximum absolute atomic E-state index is 13.3. The van der Waals surface area contributed by atoms with E-state index in [9.17, 15) is 9.59 Å². The highest BCUT2D eigenvalue weighted by Crippen LogP contribution is 2.21. The molecule has 0 unspecified atom stereocenters. The number of benzene rings is 3. The second-order valence-corrected chi connectivity index (χ2v) is 7.68. The first-order valence-electron chi connectivity index (χ1n) is 10.6. The van der Waals surface area contributed by atoms with Crippen LogP contribution in [-0.4, -0.2) is 29.8 Å². The van der Waals surface area contributed by atoms with Gasteiger partial charge in [0, 0.05) is 20.0 Å². The second-order valence-electron chi connectivity index (χ2n) is 7.68. The third-order valence-electron chi connectivity index (χ3n) is 5.59. The smallest absolute Gasteiger partial charge is 0.242 e. The van der Waals surface area contributed by atoms with Crippen LogP contribution in [0.15, 0.2) is 66.7 Å². The van der Waals surface area contributed by atoms with Crippen molar-refractivity contribution in [2.45, 2.75) is 45.7 Å². The standard InChI is InChI=1S/C26H30N2O2/c1-4-24(26(30)27-3)28(18-20-14-12-19(2)13-15-20)25(29)17-16-22-10-7-9-21-8-5-6-11-23(21)22/h5-15,24H,4,16-18H2,1-3H3,(H,27,30)/t24-/m1/s1. The lowest BCUT2D eigenvalue weighted by molar-refractivity contribution is -0.141. The molecule has 3 rings (SSSR count). The van der Waals surface area contributed by atoms with E-state index in [4.69, 9.17) is 0 Å². The highest BCUT2D eigenvalue weighted by molar-refractivity contribution is 5.89. The Morgan fingerprint density at radius 1 is 0.967 bits per heavy atom. The summed E-state index contributed by atoms with van der Waals surface area (Å²) >= 11 is 0. The number of hydrogen-bond donors (Lipinski definition) is 1. The Morgan fingerprint density at radius 2 is 1.67 bits per heavy atom. The van der Waals surface area contributed by atoms with Crippen LogP contribution in [-0.2, 0) is 22.6 Å². The van der Waals surface area contributed by atoms with Gasteiger partial charge in [-0.2, -0.15) is 0 Å². The number of hydrogen-bond acceptors (Lipinski definition) is 2. The van der Waals surface area contributed by atoms with Gasteiger partial charge < -0.3 is 10.2 Å². The van der Waals surface area contributed by atoms with Crippen molar-refractivity contribution in [3.63, 3.8) is 0 Å². The molecule has 0 aromatic heterocycles. The number of rotatable bonds is 8. The van der Waals surface area contributed by atoms with E-state index in [2.05, 4.69) is 29.6 Å².